The van der Waals surface area contributed by atoms with Gasteiger partial charge in [0, 0.05) is 23.0 Å². The number of fused-ring (bicyclic) bond motifs is 1. The Kier molecular flexibility index (Phi) is 5.54. The minimum Gasteiger partial charge on any atom is -0.493 e. The van der Waals surface area contributed by atoms with Crippen molar-refractivity contribution in [3.05, 3.63) is 42.4 Å². The van der Waals surface area contributed by atoms with Crippen molar-refractivity contribution in [3.63, 3.8) is 0 Å². The van der Waals surface area contributed by atoms with Gasteiger partial charge < -0.3 is 14.8 Å². The highest BCUT2D eigenvalue weighted by molar-refractivity contribution is 6.17. The molecule has 5 nitrogen and oxygen atoms in total. The number of benzene rings is 1. The van der Waals surface area contributed by atoms with Crippen LogP contribution in [-0.4, -0.2) is 29.6 Å². The molecule has 0 aliphatic heterocycles. The van der Waals surface area contributed by atoms with Gasteiger partial charge in [-0.05, 0) is 31.4 Å². The van der Waals surface area contributed by atoms with Gasteiger partial charge in [-0.25, -0.2) is 9.97 Å². The molecule has 0 amide bonds. The van der Waals surface area contributed by atoms with Crippen LogP contribution in [0.2, 0.25) is 0 Å². The van der Waals surface area contributed by atoms with E-state index in [2.05, 4.69) is 33.5 Å². The van der Waals surface area contributed by atoms with E-state index in [-0.39, 0.29) is 0 Å². The minimum atomic E-state index is 0.541. The first-order valence-corrected chi connectivity index (χ1v) is 8.50. The minimum absolute atomic E-state index is 0.541. The van der Waals surface area contributed by atoms with Crippen molar-refractivity contribution in [1.82, 2.24) is 9.97 Å². The zero-order valence-electron chi connectivity index (χ0n) is 13.6. The predicted octanol–water partition coefficient (Wildman–Crippen LogP) is 4.29. The number of aromatic nitrogens is 2. The van der Waals surface area contributed by atoms with Gasteiger partial charge in [-0.2, -0.15) is 0 Å². The van der Waals surface area contributed by atoms with E-state index in [9.17, 15) is 0 Å². The number of methoxy groups -OCH3 is 1. The molecule has 126 valence electrons. The highest BCUT2D eigenvalue weighted by Gasteiger charge is 2.12. The molecule has 0 atom stereocenters. The fourth-order valence-electron chi connectivity index (χ4n) is 2.52. The van der Waals surface area contributed by atoms with Gasteiger partial charge in [0.05, 0.1) is 19.2 Å². The Labute approximate surface area is 146 Å². The monoisotopic (exact) mass is 345 g/mol. The summed E-state index contributed by atoms with van der Waals surface area (Å²) in [7, 11) is 1.62. The number of anilines is 1. The van der Waals surface area contributed by atoms with E-state index in [0.29, 0.717) is 24.0 Å². The van der Waals surface area contributed by atoms with E-state index in [1.165, 1.54) is 0 Å². The van der Waals surface area contributed by atoms with Crippen molar-refractivity contribution in [2.75, 3.05) is 24.9 Å². The lowest BCUT2D eigenvalue weighted by Crippen LogP contribution is -2.04. The summed E-state index contributed by atoms with van der Waals surface area (Å²) in [4.78, 5) is 8.72. The van der Waals surface area contributed by atoms with Gasteiger partial charge in [0.1, 0.15) is 12.1 Å². The number of allylic oxidation sites excluding steroid dienone is 3. The lowest BCUT2D eigenvalue weighted by Gasteiger charge is -2.14. The summed E-state index contributed by atoms with van der Waals surface area (Å²) in [5, 5.41) is 4.24. The lowest BCUT2D eigenvalue weighted by molar-refractivity contribution is 0.295. The van der Waals surface area contributed by atoms with Gasteiger partial charge in [0.25, 0.3) is 0 Å². The third kappa shape index (κ3) is 3.79. The first kappa shape index (κ1) is 16.6. The molecule has 1 heterocycles. The third-order valence-electron chi connectivity index (χ3n) is 3.71. The second-order valence-electron chi connectivity index (χ2n) is 5.40. The van der Waals surface area contributed by atoms with E-state index < -0.39 is 0 Å². The van der Waals surface area contributed by atoms with Crippen molar-refractivity contribution in [2.45, 2.75) is 19.3 Å². The van der Waals surface area contributed by atoms with Crippen LogP contribution in [0.5, 0.6) is 11.5 Å². The average Bonchev–Trinajstić information content (AvgIpc) is 2.62. The van der Waals surface area contributed by atoms with Crippen LogP contribution >= 0.6 is 11.6 Å². The van der Waals surface area contributed by atoms with Crippen LogP contribution in [0.25, 0.3) is 10.9 Å². The standard InChI is InChI=1S/C18H20ClN3O2/c1-23-16-10-14-15(11-17(16)24-9-5-8-19)20-12-21-18(14)22-13-6-3-2-4-7-13/h3,6-7,10-12H,2,4-5,8-9H2,1H3,(H,20,21,22). The van der Waals surface area contributed by atoms with Crippen molar-refractivity contribution in [3.8, 4) is 11.5 Å². The largest absolute Gasteiger partial charge is 0.493 e. The van der Waals surface area contributed by atoms with Crippen LogP contribution < -0.4 is 14.8 Å². The van der Waals surface area contributed by atoms with Crippen LogP contribution in [0.1, 0.15) is 19.3 Å². The molecule has 2 aromatic rings. The second kappa shape index (κ2) is 8.02. The Morgan fingerprint density at radius 1 is 1.21 bits per heavy atom. The predicted molar refractivity (Wildman–Crippen MR) is 97.0 cm³/mol. The molecule has 1 aliphatic carbocycles. The van der Waals surface area contributed by atoms with Gasteiger partial charge in [-0.15, -0.1) is 11.6 Å². The fourth-order valence-corrected chi connectivity index (χ4v) is 2.62. The zero-order chi connectivity index (χ0) is 16.8. The summed E-state index contributed by atoms with van der Waals surface area (Å²) in [6, 6.07) is 3.78. The van der Waals surface area contributed by atoms with Gasteiger partial charge in [-0.1, -0.05) is 12.2 Å². The quantitative estimate of drug-likeness (QED) is 0.599. The van der Waals surface area contributed by atoms with E-state index in [1.807, 2.05) is 12.1 Å². The maximum atomic E-state index is 5.75. The number of ether oxygens (including phenoxy) is 2. The molecule has 1 aliphatic rings. The SMILES string of the molecule is COc1cc2c(NC3=CCCC=C3)ncnc2cc1OCCCCl. The number of alkyl halides is 1. The Morgan fingerprint density at radius 3 is 2.88 bits per heavy atom. The van der Waals surface area contributed by atoms with Crippen molar-refractivity contribution < 1.29 is 9.47 Å². The molecule has 1 N–H and O–H groups in total. The maximum absolute atomic E-state index is 5.75. The molecule has 1 aromatic heterocycles. The summed E-state index contributed by atoms with van der Waals surface area (Å²) >= 11 is 5.70. The van der Waals surface area contributed by atoms with Crippen LogP contribution in [0, 0.1) is 0 Å². The first-order valence-electron chi connectivity index (χ1n) is 7.97. The van der Waals surface area contributed by atoms with E-state index in [4.69, 9.17) is 21.1 Å². The molecule has 0 bridgehead atoms. The van der Waals surface area contributed by atoms with Crippen molar-refractivity contribution in [1.29, 1.82) is 0 Å². The number of hydrogen-bond donors (Lipinski definition) is 1. The normalized spacial score (nSPS) is 13.7. The fraction of sp³-hybridized carbons (Fsp3) is 0.333. The molecule has 0 saturated heterocycles. The third-order valence-corrected chi connectivity index (χ3v) is 3.98. The number of halogens is 1. The summed E-state index contributed by atoms with van der Waals surface area (Å²) in [6.45, 7) is 0.541. The van der Waals surface area contributed by atoms with Gasteiger partial charge >= 0.3 is 0 Å². The van der Waals surface area contributed by atoms with E-state index in [1.54, 1.807) is 13.4 Å². The Morgan fingerprint density at radius 2 is 2.12 bits per heavy atom. The molecule has 0 unspecified atom stereocenters. The summed E-state index contributed by atoms with van der Waals surface area (Å²) in [5.41, 5.74) is 1.84. The summed E-state index contributed by atoms with van der Waals surface area (Å²) in [5.74, 6) is 2.64. The van der Waals surface area contributed by atoms with E-state index in [0.717, 1.165) is 41.7 Å². The smallest absolute Gasteiger partial charge is 0.163 e. The first-order chi connectivity index (χ1) is 11.8. The van der Waals surface area contributed by atoms with E-state index >= 15 is 0 Å². The van der Waals surface area contributed by atoms with Gasteiger partial charge in [0.2, 0.25) is 0 Å². The molecule has 1 aromatic carbocycles. The molecule has 3 rings (SSSR count). The molecular formula is C18H20ClN3O2. The number of nitrogens with one attached hydrogen (secondary N) is 1. The zero-order valence-corrected chi connectivity index (χ0v) is 14.3. The summed E-state index contributed by atoms with van der Waals surface area (Å²) in [6.07, 6.45) is 10.8. The Balaban J connectivity index is 1.93. The lowest BCUT2D eigenvalue weighted by atomic mass is 10.1. The summed E-state index contributed by atoms with van der Waals surface area (Å²) < 4.78 is 11.2. The van der Waals surface area contributed by atoms with Crippen LogP contribution in [0.3, 0.4) is 0 Å². The maximum Gasteiger partial charge on any atom is 0.163 e. The average molecular weight is 346 g/mol. The number of hydrogen-bond acceptors (Lipinski definition) is 5. The molecule has 0 spiro atoms. The number of rotatable bonds is 7. The van der Waals surface area contributed by atoms with Crippen LogP contribution in [0.4, 0.5) is 5.82 Å². The van der Waals surface area contributed by atoms with Crippen LogP contribution in [0.15, 0.2) is 42.4 Å². The van der Waals surface area contributed by atoms with Crippen molar-refractivity contribution in [2.24, 2.45) is 0 Å². The topological polar surface area (TPSA) is 56.3 Å². The molecule has 24 heavy (non-hydrogen) atoms. The highest BCUT2D eigenvalue weighted by atomic mass is 35.5. The Hall–Kier alpha value is -2.27. The second-order valence-corrected chi connectivity index (χ2v) is 5.78. The molecule has 6 heteroatoms. The molecule has 0 fully saturated rings. The van der Waals surface area contributed by atoms with Gasteiger partial charge in [-0.3, -0.25) is 0 Å². The number of nitrogens with zero attached hydrogens (tertiary/aromatic N) is 2. The van der Waals surface area contributed by atoms with Crippen molar-refractivity contribution >= 4 is 28.3 Å². The molecule has 0 saturated carbocycles. The Bertz CT molecular complexity index is 774. The van der Waals surface area contributed by atoms with Gasteiger partial charge in [0.15, 0.2) is 11.5 Å². The van der Waals surface area contributed by atoms with Crippen LogP contribution in [-0.2, 0) is 0 Å². The highest BCUT2D eigenvalue weighted by Crippen LogP contribution is 2.34. The molecule has 0 radical (unpaired) electrons. The molecular weight excluding hydrogens is 326 g/mol.